The maximum Gasteiger partial charge on any atom is 0.135 e. The van der Waals surface area contributed by atoms with Crippen molar-refractivity contribution in [3.63, 3.8) is 0 Å². The lowest BCUT2D eigenvalue weighted by Crippen LogP contribution is -2.47. The molecule has 1 aliphatic rings. The third kappa shape index (κ3) is 2.98. The number of hydrogen-bond acceptors (Lipinski definition) is 5. The minimum Gasteiger partial charge on any atom is -0.386 e. The maximum atomic E-state index is 10.3. The molecule has 0 amide bonds. The number of rotatable bonds is 4. The van der Waals surface area contributed by atoms with Gasteiger partial charge in [-0.05, 0) is 37.2 Å². The van der Waals surface area contributed by atoms with Gasteiger partial charge in [0.2, 0.25) is 0 Å². The lowest BCUT2D eigenvalue weighted by molar-refractivity contribution is -0.0626. The molecule has 4 atom stereocenters. The van der Waals surface area contributed by atoms with Gasteiger partial charge in [0.15, 0.2) is 0 Å². The molecule has 1 fully saturated rings. The van der Waals surface area contributed by atoms with Crippen molar-refractivity contribution >= 4 is 11.6 Å². The number of aliphatic hydroxyl groups is 2. The van der Waals surface area contributed by atoms with Gasteiger partial charge in [0.25, 0.3) is 0 Å². The van der Waals surface area contributed by atoms with E-state index < -0.39 is 24.0 Å². The largest absolute Gasteiger partial charge is 0.386 e. The summed E-state index contributed by atoms with van der Waals surface area (Å²) in [5.74, 6) is 0. The summed E-state index contributed by atoms with van der Waals surface area (Å²) >= 11 is 6.00. The SMILES string of the molecule is CNCc1cc(Cl)ccc1C[C@H]1O[C@@H](N)[C@H](O)[C@]1(C)O. The molecule has 6 heteroatoms. The molecule has 5 N–H and O–H groups in total. The molecule has 0 radical (unpaired) electrons. The molecule has 1 aromatic rings. The monoisotopic (exact) mass is 300 g/mol. The van der Waals surface area contributed by atoms with Crippen molar-refractivity contribution in [3.05, 3.63) is 34.3 Å². The van der Waals surface area contributed by atoms with Gasteiger partial charge in [-0.1, -0.05) is 17.7 Å². The Morgan fingerprint density at radius 3 is 2.70 bits per heavy atom. The predicted molar refractivity (Wildman–Crippen MR) is 77.4 cm³/mol. The minimum atomic E-state index is -1.37. The smallest absolute Gasteiger partial charge is 0.135 e. The van der Waals surface area contributed by atoms with E-state index in [-0.39, 0.29) is 0 Å². The van der Waals surface area contributed by atoms with E-state index in [4.69, 9.17) is 22.1 Å². The van der Waals surface area contributed by atoms with E-state index in [1.165, 1.54) is 0 Å². The molecular weight excluding hydrogens is 280 g/mol. The Labute approximate surface area is 123 Å². The van der Waals surface area contributed by atoms with E-state index >= 15 is 0 Å². The van der Waals surface area contributed by atoms with Gasteiger partial charge >= 0.3 is 0 Å². The third-order valence-electron chi connectivity index (χ3n) is 3.82. The number of nitrogens with two attached hydrogens (primary N) is 1. The van der Waals surface area contributed by atoms with E-state index in [2.05, 4.69) is 5.32 Å². The van der Waals surface area contributed by atoms with Crippen LogP contribution in [0.4, 0.5) is 0 Å². The summed E-state index contributed by atoms with van der Waals surface area (Å²) in [5, 5.41) is 23.9. The van der Waals surface area contributed by atoms with Crippen molar-refractivity contribution in [1.29, 1.82) is 0 Å². The molecule has 1 heterocycles. The summed E-state index contributed by atoms with van der Waals surface area (Å²) in [6.07, 6.45) is -2.04. The molecule has 20 heavy (non-hydrogen) atoms. The highest BCUT2D eigenvalue weighted by atomic mass is 35.5. The quantitative estimate of drug-likeness (QED) is 0.646. The zero-order chi connectivity index (χ0) is 14.9. The highest BCUT2D eigenvalue weighted by Crippen LogP contribution is 2.32. The topological polar surface area (TPSA) is 87.7 Å². The van der Waals surface area contributed by atoms with Gasteiger partial charge in [0.1, 0.15) is 17.9 Å². The van der Waals surface area contributed by atoms with Crippen LogP contribution in [0.1, 0.15) is 18.1 Å². The zero-order valence-electron chi connectivity index (χ0n) is 11.6. The Morgan fingerprint density at radius 1 is 1.45 bits per heavy atom. The summed E-state index contributed by atoms with van der Waals surface area (Å²) in [4.78, 5) is 0. The van der Waals surface area contributed by atoms with Crippen molar-refractivity contribution in [2.45, 2.75) is 43.9 Å². The van der Waals surface area contributed by atoms with Gasteiger partial charge in [0, 0.05) is 18.0 Å². The molecule has 0 bridgehead atoms. The first-order valence-electron chi connectivity index (χ1n) is 6.59. The molecule has 0 spiro atoms. The second kappa shape index (κ2) is 5.97. The van der Waals surface area contributed by atoms with Crippen LogP contribution in [0.15, 0.2) is 18.2 Å². The Bertz CT molecular complexity index is 481. The zero-order valence-corrected chi connectivity index (χ0v) is 12.4. The minimum absolute atomic E-state index is 0.464. The first kappa shape index (κ1) is 15.7. The lowest BCUT2D eigenvalue weighted by Gasteiger charge is -2.27. The van der Waals surface area contributed by atoms with Gasteiger partial charge < -0.3 is 26.0 Å². The molecule has 2 rings (SSSR count). The Hall–Kier alpha value is -0.690. The average molecular weight is 301 g/mol. The van der Waals surface area contributed by atoms with Crippen LogP contribution in [0.5, 0.6) is 0 Å². The predicted octanol–water partition coefficient (Wildman–Crippen LogP) is 0.397. The fraction of sp³-hybridized carbons (Fsp3) is 0.571. The van der Waals surface area contributed by atoms with Crippen LogP contribution in [0.25, 0.3) is 0 Å². The fourth-order valence-electron chi connectivity index (χ4n) is 2.53. The Balaban J connectivity index is 2.22. The van der Waals surface area contributed by atoms with Gasteiger partial charge in [-0.2, -0.15) is 0 Å². The summed E-state index contributed by atoms with van der Waals surface area (Å²) in [6, 6.07) is 5.59. The molecular formula is C14H21ClN2O3. The number of benzene rings is 1. The number of ether oxygens (including phenoxy) is 1. The molecule has 112 valence electrons. The molecule has 0 saturated carbocycles. The Morgan fingerprint density at radius 2 is 2.15 bits per heavy atom. The molecule has 1 aromatic carbocycles. The van der Waals surface area contributed by atoms with E-state index in [1.807, 2.05) is 19.2 Å². The third-order valence-corrected chi connectivity index (χ3v) is 4.06. The first-order valence-corrected chi connectivity index (χ1v) is 6.97. The summed E-state index contributed by atoms with van der Waals surface area (Å²) in [6.45, 7) is 2.21. The standard InChI is InChI=1S/C14H21ClN2O3/c1-14(19)11(20-13(16)12(14)18)6-8-3-4-10(15)5-9(8)7-17-2/h3-5,11-13,17-19H,6-7,16H2,1-2H3/t11-,12+,13-,14-/m1/s1. The maximum absolute atomic E-state index is 10.3. The van der Waals surface area contributed by atoms with Crippen LogP contribution in [0.2, 0.25) is 5.02 Å². The lowest BCUT2D eigenvalue weighted by atomic mass is 9.89. The number of aliphatic hydroxyl groups excluding tert-OH is 1. The number of hydrogen-bond donors (Lipinski definition) is 4. The van der Waals surface area contributed by atoms with Gasteiger partial charge in [-0.15, -0.1) is 0 Å². The summed E-state index contributed by atoms with van der Waals surface area (Å²) < 4.78 is 5.48. The van der Waals surface area contributed by atoms with E-state index in [9.17, 15) is 10.2 Å². The van der Waals surface area contributed by atoms with Crippen molar-refractivity contribution in [3.8, 4) is 0 Å². The molecule has 0 aliphatic carbocycles. The van der Waals surface area contributed by atoms with Crippen molar-refractivity contribution in [2.24, 2.45) is 5.73 Å². The average Bonchev–Trinajstić information content (AvgIpc) is 2.57. The van der Waals surface area contributed by atoms with Crippen LogP contribution < -0.4 is 11.1 Å². The molecule has 5 nitrogen and oxygen atoms in total. The number of halogens is 1. The van der Waals surface area contributed by atoms with E-state index in [0.29, 0.717) is 18.0 Å². The van der Waals surface area contributed by atoms with Crippen LogP contribution in [0.3, 0.4) is 0 Å². The van der Waals surface area contributed by atoms with Crippen LogP contribution in [-0.4, -0.2) is 41.3 Å². The molecule has 1 saturated heterocycles. The van der Waals surface area contributed by atoms with Gasteiger partial charge in [0.05, 0.1) is 6.10 Å². The summed E-state index contributed by atoms with van der Waals surface area (Å²) in [7, 11) is 1.85. The first-order chi connectivity index (χ1) is 9.36. The fourth-order valence-corrected chi connectivity index (χ4v) is 2.72. The molecule has 1 aliphatic heterocycles. The normalized spacial score (nSPS) is 33.6. The van der Waals surface area contributed by atoms with Crippen molar-refractivity contribution in [1.82, 2.24) is 5.32 Å². The second-order valence-electron chi connectivity index (χ2n) is 5.41. The Kier molecular flexibility index (Phi) is 4.69. The van der Waals surface area contributed by atoms with Crippen molar-refractivity contribution < 1.29 is 14.9 Å². The van der Waals surface area contributed by atoms with Crippen LogP contribution >= 0.6 is 11.6 Å². The van der Waals surface area contributed by atoms with E-state index in [1.54, 1.807) is 13.0 Å². The van der Waals surface area contributed by atoms with Crippen LogP contribution in [0, 0.1) is 0 Å². The molecule has 0 aromatic heterocycles. The number of nitrogens with one attached hydrogen (secondary N) is 1. The van der Waals surface area contributed by atoms with Crippen LogP contribution in [-0.2, 0) is 17.7 Å². The summed E-state index contributed by atoms with van der Waals surface area (Å²) in [5.41, 5.74) is 6.33. The highest BCUT2D eigenvalue weighted by Gasteiger charge is 2.50. The second-order valence-corrected chi connectivity index (χ2v) is 5.84. The highest BCUT2D eigenvalue weighted by molar-refractivity contribution is 6.30. The van der Waals surface area contributed by atoms with Gasteiger partial charge in [-0.3, -0.25) is 0 Å². The van der Waals surface area contributed by atoms with Gasteiger partial charge in [-0.25, -0.2) is 0 Å². The van der Waals surface area contributed by atoms with Crippen molar-refractivity contribution in [2.75, 3.05) is 7.05 Å². The molecule has 0 unspecified atom stereocenters. The van der Waals surface area contributed by atoms with E-state index in [0.717, 1.165) is 11.1 Å².